The van der Waals surface area contributed by atoms with E-state index in [1.165, 1.54) is 0 Å². The van der Waals surface area contributed by atoms with Crippen molar-refractivity contribution in [2.45, 2.75) is 31.1 Å². The average Bonchev–Trinajstić information content (AvgIpc) is 3.11. The molecule has 0 amide bonds. The standard InChI is InChI=1S/C14H15N3O2/c18-13(19)14(7-1-2-8-14)11-3-5-12(6-4-11)17-10-9-15-16-17/h3-6,9-10H,1-2,7-8H2,(H,18,19). The number of benzene rings is 1. The van der Waals surface area contributed by atoms with Crippen LogP contribution in [0.15, 0.2) is 36.7 Å². The van der Waals surface area contributed by atoms with Crippen molar-refractivity contribution in [1.82, 2.24) is 15.0 Å². The van der Waals surface area contributed by atoms with Crippen LogP contribution in [0.25, 0.3) is 5.69 Å². The average molecular weight is 257 g/mol. The van der Waals surface area contributed by atoms with Gasteiger partial charge in [-0.1, -0.05) is 30.2 Å². The number of carboxylic acid groups (broad SMARTS) is 1. The summed E-state index contributed by atoms with van der Waals surface area (Å²) < 4.78 is 1.66. The summed E-state index contributed by atoms with van der Waals surface area (Å²) in [6.07, 6.45) is 6.80. The van der Waals surface area contributed by atoms with Gasteiger partial charge in [0, 0.05) is 0 Å². The molecule has 1 saturated carbocycles. The summed E-state index contributed by atoms with van der Waals surface area (Å²) in [7, 11) is 0. The number of carboxylic acids is 1. The van der Waals surface area contributed by atoms with Gasteiger partial charge >= 0.3 is 5.97 Å². The Morgan fingerprint density at radius 3 is 2.42 bits per heavy atom. The van der Waals surface area contributed by atoms with E-state index in [9.17, 15) is 9.90 Å². The van der Waals surface area contributed by atoms with Gasteiger partial charge in [0.1, 0.15) is 0 Å². The summed E-state index contributed by atoms with van der Waals surface area (Å²) in [6, 6.07) is 7.59. The van der Waals surface area contributed by atoms with E-state index in [2.05, 4.69) is 10.3 Å². The molecule has 0 atom stereocenters. The Labute approximate surface area is 110 Å². The van der Waals surface area contributed by atoms with Gasteiger partial charge in [0.25, 0.3) is 0 Å². The number of nitrogens with zero attached hydrogens (tertiary/aromatic N) is 3. The molecule has 5 nitrogen and oxygen atoms in total. The molecule has 1 aromatic carbocycles. The van der Waals surface area contributed by atoms with Crippen LogP contribution in [0.4, 0.5) is 0 Å². The first-order valence-corrected chi connectivity index (χ1v) is 6.43. The highest BCUT2D eigenvalue weighted by molar-refractivity contribution is 5.81. The van der Waals surface area contributed by atoms with Gasteiger partial charge in [-0.15, -0.1) is 5.10 Å². The van der Waals surface area contributed by atoms with E-state index in [0.29, 0.717) is 0 Å². The van der Waals surface area contributed by atoms with Gasteiger partial charge < -0.3 is 5.11 Å². The molecule has 5 heteroatoms. The summed E-state index contributed by atoms with van der Waals surface area (Å²) in [6.45, 7) is 0. The van der Waals surface area contributed by atoms with E-state index in [1.54, 1.807) is 17.1 Å². The molecule has 19 heavy (non-hydrogen) atoms. The lowest BCUT2D eigenvalue weighted by molar-refractivity contribution is -0.143. The maximum Gasteiger partial charge on any atom is 0.314 e. The first-order chi connectivity index (χ1) is 9.22. The molecule has 0 radical (unpaired) electrons. The normalized spacial score (nSPS) is 17.5. The molecule has 1 aliphatic rings. The van der Waals surface area contributed by atoms with E-state index in [1.807, 2.05) is 24.3 Å². The second-order valence-electron chi connectivity index (χ2n) is 4.99. The zero-order valence-electron chi connectivity index (χ0n) is 10.5. The second kappa shape index (κ2) is 4.50. The molecule has 2 aromatic rings. The fourth-order valence-electron chi connectivity index (χ4n) is 2.88. The quantitative estimate of drug-likeness (QED) is 0.915. The van der Waals surface area contributed by atoms with Crippen molar-refractivity contribution < 1.29 is 9.90 Å². The molecule has 1 fully saturated rings. The summed E-state index contributed by atoms with van der Waals surface area (Å²) in [5, 5.41) is 17.2. The SMILES string of the molecule is O=C(O)C1(c2ccc(-n3ccnn3)cc2)CCCC1. The van der Waals surface area contributed by atoms with E-state index in [4.69, 9.17) is 0 Å². The molecule has 0 unspecified atom stereocenters. The Bertz CT molecular complexity index is 569. The van der Waals surface area contributed by atoms with E-state index >= 15 is 0 Å². The smallest absolute Gasteiger partial charge is 0.314 e. The fraction of sp³-hybridized carbons (Fsp3) is 0.357. The van der Waals surface area contributed by atoms with Gasteiger partial charge in [0.2, 0.25) is 0 Å². The zero-order chi connectivity index (χ0) is 13.3. The number of carbonyl (C=O) groups is 1. The first-order valence-electron chi connectivity index (χ1n) is 6.43. The van der Waals surface area contributed by atoms with Gasteiger partial charge in [-0.3, -0.25) is 4.79 Å². The van der Waals surface area contributed by atoms with Crippen LogP contribution in [-0.2, 0) is 10.2 Å². The van der Waals surface area contributed by atoms with Crippen LogP contribution in [0.2, 0.25) is 0 Å². The highest BCUT2D eigenvalue weighted by Crippen LogP contribution is 2.41. The Kier molecular flexibility index (Phi) is 2.81. The van der Waals surface area contributed by atoms with E-state index in [0.717, 1.165) is 36.9 Å². The highest BCUT2D eigenvalue weighted by atomic mass is 16.4. The van der Waals surface area contributed by atoms with Crippen molar-refractivity contribution in [2.75, 3.05) is 0 Å². The van der Waals surface area contributed by atoms with Crippen molar-refractivity contribution in [3.8, 4) is 5.69 Å². The van der Waals surface area contributed by atoms with Gasteiger partial charge in [-0.25, -0.2) is 4.68 Å². The first kappa shape index (κ1) is 11.9. The minimum absolute atomic E-state index is 0.694. The lowest BCUT2D eigenvalue weighted by Gasteiger charge is -2.24. The maximum atomic E-state index is 11.6. The minimum Gasteiger partial charge on any atom is -0.481 e. The number of hydrogen-bond acceptors (Lipinski definition) is 3. The van der Waals surface area contributed by atoms with Crippen LogP contribution in [0.5, 0.6) is 0 Å². The Hall–Kier alpha value is -2.17. The molecule has 0 saturated heterocycles. The number of rotatable bonds is 3. The molecule has 1 aromatic heterocycles. The largest absolute Gasteiger partial charge is 0.481 e. The third kappa shape index (κ3) is 1.91. The van der Waals surface area contributed by atoms with Crippen molar-refractivity contribution in [2.24, 2.45) is 0 Å². The summed E-state index contributed by atoms with van der Waals surface area (Å²) in [5.74, 6) is -0.710. The van der Waals surface area contributed by atoms with E-state index < -0.39 is 11.4 Å². The number of hydrogen-bond donors (Lipinski definition) is 1. The predicted octanol–water partition coefficient (Wildman–Crippen LogP) is 2.16. The van der Waals surface area contributed by atoms with Crippen molar-refractivity contribution in [1.29, 1.82) is 0 Å². The van der Waals surface area contributed by atoms with Crippen LogP contribution >= 0.6 is 0 Å². The van der Waals surface area contributed by atoms with Crippen molar-refractivity contribution in [3.05, 3.63) is 42.2 Å². The summed E-state index contributed by atoms with van der Waals surface area (Å²) in [5.41, 5.74) is 1.09. The fourth-order valence-corrected chi connectivity index (χ4v) is 2.88. The lowest BCUT2D eigenvalue weighted by Crippen LogP contribution is -2.32. The number of aliphatic carboxylic acids is 1. The lowest BCUT2D eigenvalue weighted by atomic mass is 9.79. The Morgan fingerprint density at radius 2 is 1.89 bits per heavy atom. The maximum absolute atomic E-state index is 11.6. The molecular weight excluding hydrogens is 242 g/mol. The molecule has 1 heterocycles. The molecule has 0 spiro atoms. The Balaban J connectivity index is 1.96. The van der Waals surface area contributed by atoms with Gasteiger partial charge in [-0.05, 0) is 30.5 Å². The molecule has 98 valence electrons. The highest BCUT2D eigenvalue weighted by Gasteiger charge is 2.42. The van der Waals surface area contributed by atoms with Gasteiger partial charge in [-0.2, -0.15) is 0 Å². The third-order valence-electron chi connectivity index (χ3n) is 3.97. The minimum atomic E-state index is -0.710. The third-order valence-corrected chi connectivity index (χ3v) is 3.97. The van der Waals surface area contributed by atoms with Crippen LogP contribution < -0.4 is 0 Å². The van der Waals surface area contributed by atoms with Crippen LogP contribution in [0.1, 0.15) is 31.2 Å². The topological polar surface area (TPSA) is 68.0 Å². The number of aromatic nitrogens is 3. The van der Waals surface area contributed by atoms with Crippen molar-refractivity contribution >= 4 is 5.97 Å². The zero-order valence-corrected chi connectivity index (χ0v) is 10.5. The molecule has 3 rings (SSSR count). The van der Waals surface area contributed by atoms with E-state index in [-0.39, 0.29) is 0 Å². The molecule has 0 bridgehead atoms. The van der Waals surface area contributed by atoms with Gasteiger partial charge in [0.05, 0.1) is 23.5 Å². The van der Waals surface area contributed by atoms with Crippen LogP contribution in [-0.4, -0.2) is 26.1 Å². The predicted molar refractivity (Wildman–Crippen MR) is 69.1 cm³/mol. The van der Waals surface area contributed by atoms with Crippen LogP contribution in [0.3, 0.4) is 0 Å². The molecular formula is C14H15N3O2. The molecule has 1 aliphatic carbocycles. The van der Waals surface area contributed by atoms with Gasteiger partial charge in [0.15, 0.2) is 0 Å². The van der Waals surface area contributed by atoms with Crippen molar-refractivity contribution in [3.63, 3.8) is 0 Å². The Morgan fingerprint density at radius 1 is 1.21 bits per heavy atom. The summed E-state index contributed by atoms with van der Waals surface area (Å²) in [4.78, 5) is 11.6. The monoisotopic (exact) mass is 257 g/mol. The molecule has 1 N–H and O–H groups in total. The summed E-state index contributed by atoms with van der Waals surface area (Å²) >= 11 is 0. The second-order valence-corrected chi connectivity index (χ2v) is 4.99. The molecule has 0 aliphatic heterocycles. The van der Waals surface area contributed by atoms with Crippen LogP contribution in [0, 0.1) is 0 Å².